The van der Waals surface area contributed by atoms with Crippen LogP contribution in [0.1, 0.15) is 0 Å². The van der Waals surface area contributed by atoms with Gasteiger partial charge in [-0.2, -0.15) is 0 Å². The Labute approximate surface area is 321 Å². The van der Waals surface area contributed by atoms with Crippen molar-refractivity contribution in [2.24, 2.45) is 0 Å². The second-order valence-electron chi connectivity index (χ2n) is 13.8. The molecule has 0 radical (unpaired) electrons. The van der Waals surface area contributed by atoms with Crippen molar-refractivity contribution in [3.8, 4) is 44.9 Å². The minimum atomic E-state index is 0.833. The number of para-hydroxylation sites is 3. The second kappa shape index (κ2) is 13.9. The van der Waals surface area contributed by atoms with Crippen molar-refractivity contribution in [2.75, 3.05) is 9.80 Å². The third kappa shape index (κ3) is 5.98. The van der Waals surface area contributed by atoms with Gasteiger partial charge in [0.2, 0.25) is 0 Å². The molecule has 1 aliphatic rings. The highest BCUT2D eigenvalue weighted by molar-refractivity contribution is 6.08. The lowest BCUT2D eigenvalue weighted by molar-refractivity contribution is 0.488. The van der Waals surface area contributed by atoms with Gasteiger partial charge in [0.05, 0.1) is 5.69 Å². The van der Waals surface area contributed by atoms with Gasteiger partial charge in [-0.15, -0.1) is 0 Å². The lowest BCUT2D eigenvalue weighted by atomic mass is 9.93. The molecule has 0 N–H and O–H groups in total. The average Bonchev–Trinajstić information content (AvgIpc) is 3.26. The molecule has 9 aromatic rings. The number of hydrogen-bond donors (Lipinski definition) is 0. The van der Waals surface area contributed by atoms with Crippen LogP contribution in [0.25, 0.3) is 44.2 Å². The molecule has 260 valence electrons. The normalized spacial score (nSPS) is 11.4. The molecule has 0 saturated heterocycles. The van der Waals surface area contributed by atoms with Crippen molar-refractivity contribution in [3.05, 3.63) is 218 Å². The maximum Gasteiger partial charge on any atom is 0.159 e. The summed E-state index contributed by atoms with van der Waals surface area (Å²) < 4.78 is 7.03. The Morgan fingerprint density at radius 2 is 0.782 bits per heavy atom. The number of nitrogens with zero attached hydrogens (tertiary/aromatic N) is 2. The topological polar surface area (TPSA) is 15.7 Å². The standard InChI is InChI=1S/C52H36N2O/c1-5-14-37(15-6-1)38-24-26-39(27-25-38)40-28-31-45(32-29-40)54(44-21-11-4-12-22-44)49-34-30-41-16-13-23-47-48-36-46(33-35-50(48)55-52(49)51(41)47)53(42-17-7-2-8-18-42)43-19-9-3-10-20-43/h1-36H. The molecule has 0 atom stereocenters. The largest absolute Gasteiger partial charge is 0.454 e. The van der Waals surface area contributed by atoms with Gasteiger partial charge >= 0.3 is 0 Å². The summed E-state index contributed by atoms with van der Waals surface area (Å²) in [5, 5.41) is 2.24. The molecule has 10 rings (SSSR count). The van der Waals surface area contributed by atoms with Gasteiger partial charge in [0, 0.05) is 39.4 Å². The number of ether oxygens (including phenoxy) is 1. The van der Waals surface area contributed by atoms with E-state index in [4.69, 9.17) is 4.74 Å². The summed E-state index contributed by atoms with van der Waals surface area (Å²) >= 11 is 0. The van der Waals surface area contributed by atoms with E-state index < -0.39 is 0 Å². The van der Waals surface area contributed by atoms with Gasteiger partial charge in [-0.05, 0) is 106 Å². The van der Waals surface area contributed by atoms with Crippen LogP contribution in [0.15, 0.2) is 218 Å². The van der Waals surface area contributed by atoms with E-state index in [1.165, 1.54) is 22.3 Å². The van der Waals surface area contributed by atoms with Crippen LogP contribution >= 0.6 is 0 Å². The maximum absolute atomic E-state index is 7.03. The highest BCUT2D eigenvalue weighted by Crippen LogP contribution is 2.54. The quantitative estimate of drug-likeness (QED) is 0.157. The predicted molar refractivity (Wildman–Crippen MR) is 230 cm³/mol. The molecule has 0 aliphatic carbocycles. The van der Waals surface area contributed by atoms with Gasteiger partial charge in [0.1, 0.15) is 5.75 Å². The number of rotatable bonds is 8. The van der Waals surface area contributed by atoms with Gasteiger partial charge in [0.15, 0.2) is 5.75 Å². The van der Waals surface area contributed by atoms with Gasteiger partial charge in [-0.3, -0.25) is 0 Å². The predicted octanol–water partition coefficient (Wildman–Crippen LogP) is 14.9. The highest BCUT2D eigenvalue weighted by Gasteiger charge is 2.27. The number of anilines is 6. The monoisotopic (exact) mass is 704 g/mol. The van der Waals surface area contributed by atoms with Crippen molar-refractivity contribution in [3.63, 3.8) is 0 Å². The smallest absolute Gasteiger partial charge is 0.159 e. The van der Waals surface area contributed by atoms with E-state index in [0.717, 1.165) is 67.5 Å². The van der Waals surface area contributed by atoms with Crippen molar-refractivity contribution in [1.29, 1.82) is 0 Å². The van der Waals surface area contributed by atoms with Crippen LogP contribution in [0.2, 0.25) is 0 Å². The first-order valence-electron chi connectivity index (χ1n) is 18.7. The molecule has 0 saturated carbocycles. The zero-order valence-electron chi connectivity index (χ0n) is 30.1. The third-order valence-corrected chi connectivity index (χ3v) is 10.4. The molecule has 0 unspecified atom stereocenters. The molecule has 3 nitrogen and oxygen atoms in total. The first-order valence-corrected chi connectivity index (χ1v) is 18.7. The number of benzene rings is 9. The molecule has 3 heteroatoms. The lowest BCUT2D eigenvalue weighted by Gasteiger charge is -2.31. The summed E-state index contributed by atoms with van der Waals surface area (Å²) in [7, 11) is 0. The van der Waals surface area contributed by atoms with Crippen LogP contribution < -0.4 is 14.5 Å². The van der Waals surface area contributed by atoms with E-state index in [9.17, 15) is 0 Å². The number of hydrogen-bond acceptors (Lipinski definition) is 3. The van der Waals surface area contributed by atoms with Crippen LogP contribution in [-0.2, 0) is 0 Å². The molecule has 1 heterocycles. The van der Waals surface area contributed by atoms with Crippen molar-refractivity contribution >= 4 is 44.9 Å². The molecule has 0 spiro atoms. The fourth-order valence-corrected chi connectivity index (χ4v) is 7.80. The van der Waals surface area contributed by atoms with Gasteiger partial charge < -0.3 is 14.5 Å². The minimum absolute atomic E-state index is 0.833. The maximum atomic E-state index is 7.03. The second-order valence-corrected chi connectivity index (χ2v) is 13.8. The summed E-state index contributed by atoms with van der Waals surface area (Å²) in [6.45, 7) is 0. The minimum Gasteiger partial charge on any atom is -0.454 e. The van der Waals surface area contributed by atoms with E-state index in [2.05, 4.69) is 228 Å². The Kier molecular flexibility index (Phi) is 8.16. The Bertz CT molecular complexity index is 2710. The fraction of sp³-hybridized carbons (Fsp3) is 0. The summed E-state index contributed by atoms with van der Waals surface area (Å²) in [5.74, 6) is 1.68. The molecule has 0 fully saturated rings. The van der Waals surface area contributed by atoms with Gasteiger partial charge in [0.25, 0.3) is 0 Å². The highest BCUT2D eigenvalue weighted by atomic mass is 16.5. The molecule has 1 aliphatic heterocycles. The van der Waals surface area contributed by atoms with E-state index in [1.54, 1.807) is 0 Å². The van der Waals surface area contributed by atoms with Crippen LogP contribution in [0.5, 0.6) is 11.5 Å². The summed E-state index contributed by atoms with van der Waals surface area (Å²) in [6, 6.07) is 77.3. The zero-order chi connectivity index (χ0) is 36.6. The Morgan fingerprint density at radius 1 is 0.309 bits per heavy atom. The molecule has 0 amide bonds. The van der Waals surface area contributed by atoms with E-state index in [1.807, 2.05) is 0 Å². The van der Waals surface area contributed by atoms with Crippen molar-refractivity contribution in [1.82, 2.24) is 0 Å². The van der Waals surface area contributed by atoms with E-state index in [-0.39, 0.29) is 0 Å². The summed E-state index contributed by atoms with van der Waals surface area (Å²) in [4.78, 5) is 4.60. The zero-order valence-corrected chi connectivity index (χ0v) is 30.1. The molecule has 9 aromatic carbocycles. The van der Waals surface area contributed by atoms with Gasteiger partial charge in [-0.1, -0.05) is 146 Å². The third-order valence-electron chi connectivity index (χ3n) is 10.4. The number of fused-ring (bicyclic) bond motifs is 2. The SMILES string of the molecule is c1ccc(-c2ccc(-c3ccc(N(c4ccccc4)c4ccc5cccc6c5c4Oc4ccc(N(c5ccccc5)c5ccccc5)cc4-6)cc3)cc2)cc1. The summed E-state index contributed by atoms with van der Waals surface area (Å²) in [6.07, 6.45) is 0. The molecular weight excluding hydrogens is 669 g/mol. The van der Waals surface area contributed by atoms with E-state index in [0.29, 0.717) is 0 Å². The molecule has 0 bridgehead atoms. The Morgan fingerprint density at radius 3 is 1.36 bits per heavy atom. The van der Waals surface area contributed by atoms with Crippen LogP contribution in [0.4, 0.5) is 34.1 Å². The molecular formula is C52H36N2O. The first kappa shape index (κ1) is 32.3. The lowest BCUT2D eigenvalue weighted by Crippen LogP contribution is -2.13. The molecule has 55 heavy (non-hydrogen) atoms. The van der Waals surface area contributed by atoms with Crippen LogP contribution in [0.3, 0.4) is 0 Å². The van der Waals surface area contributed by atoms with Crippen molar-refractivity contribution in [2.45, 2.75) is 0 Å². The average molecular weight is 705 g/mol. The molecule has 0 aromatic heterocycles. The van der Waals surface area contributed by atoms with E-state index >= 15 is 0 Å². The summed E-state index contributed by atoms with van der Waals surface area (Å²) in [5.41, 5.74) is 13.4. The first-order chi connectivity index (χ1) is 27.3. The fourth-order valence-electron chi connectivity index (χ4n) is 7.80. The van der Waals surface area contributed by atoms with Crippen LogP contribution in [0, 0.1) is 0 Å². The Balaban J connectivity index is 1.07. The van der Waals surface area contributed by atoms with Gasteiger partial charge in [-0.25, -0.2) is 0 Å². The Hall–Kier alpha value is -7.36. The van der Waals surface area contributed by atoms with Crippen LogP contribution in [-0.4, -0.2) is 0 Å². The van der Waals surface area contributed by atoms with Crippen molar-refractivity contribution < 1.29 is 4.74 Å².